The third kappa shape index (κ3) is 21.0. The third-order valence-corrected chi connectivity index (χ3v) is 8.03. The summed E-state index contributed by atoms with van der Waals surface area (Å²) in [4.78, 5) is 94.6. The van der Waals surface area contributed by atoms with E-state index in [9.17, 15) is 38.4 Å². The van der Waals surface area contributed by atoms with Crippen molar-refractivity contribution in [1.82, 2.24) is 0 Å². The van der Waals surface area contributed by atoms with Crippen LogP contribution in [0.15, 0.2) is 0 Å². The maximum Gasteiger partial charge on any atom is 0.303 e. The number of hydrogen-bond donors (Lipinski definition) is 0. The lowest BCUT2D eigenvalue weighted by atomic mass is 9.98. The molecule has 2 saturated heterocycles. The Labute approximate surface area is 357 Å². The molecule has 2 rings (SSSR count). The van der Waals surface area contributed by atoms with Crippen LogP contribution in [-0.4, -0.2) is 188 Å². The second-order valence-corrected chi connectivity index (χ2v) is 13.3. The molecular weight excluding hydrogens is 840 g/mol. The van der Waals surface area contributed by atoms with Crippen molar-refractivity contribution in [3.8, 4) is 0 Å². The first-order chi connectivity index (χ1) is 29.4. The molecule has 2 heterocycles. The number of carbonyl (C=O) groups excluding carboxylic acids is 8. The molecule has 0 aromatic heterocycles. The first-order valence-electron chi connectivity index (χ1n) is 19.5. The van der Waals surface area contributed by atoms with Gasteiger partial charge in [-0.25, -0.2) is 0 Å². The van der Waals surface area contributed by atoms with Crippen molar-refractivity contribution in [2.45, 2.75) is 117 Å². The normalized spacial score (nSPS) is 25.7. The van der Waals surface area contributed by atoms with E-state index in [1.165, 1.54) is 13.8 Å². The Hall–Kier alpha value is -4.56. The lowest BCUT2D eigenvalue weighted by Crippen LogP contribution is -2.63. The first-order valence-corrected chi connectivity index (χ1v) is 19.5. The highest BCUT2D eigenvalue weighted by Crippen LogP contribution is 2.31. The zero-order valence-corrected chi connectivity index (χ0v) is 36.1. The minimum Gasteiger partial charge on any atom is -0.463 e. The minimum atomic E-state index is -1.36. The van der Waals surface area contributed by atoms with Crippen LogP contribution in [0, 0.1) is 0 Å². The molecule has 0 aromatic rings. The molecule has 62 heavy (non-hydrogen) atoms. The van der Waals surface area contributed by atoms with Crippen molar-refractivity contribution >= 4 is 47.8 Å². The Morgan fingerprint density at radius 1 is 0.323 bits per heavy atom. The van der Waals surface area contributed by atoms with Gasteiger partial charge in [-0.15, -0.1) is 0 Å². The van der Waals surface area contributed by atoms with E-state index in [1.807, 2.05) is 0 Å². The Morgan fingerprint density at radius 3 is 0.823 bits per heavy atom. The maximum absolute atomic E-state index is 12.0. The largest absolute Gasteiger partial charge is 0.463 e. The van der Waals surface area contributed by atoms with Gasteiger partial charge in [0.25, 0.3) is 0 Å². The summed E-state index contributed by atoms with van der Waals surface area (Å²) in [7, 11) is 0. The van der Waals surface area contributed by atoms with E-state index in [2.05, 4.69) is 0 Å². The fourth-order valence-electron chi connectivity index (χ4n) is 5.85. The molecule has 10 atom stereocenters. The van der Waals surface area contributed by atoms with Gasteiger partial charge in [0.1, 0.15) is 25.4 Å². The van der Waals surface area contributed by atoms with Crippen molar-refractivity contribution in [2.75, 3.05) is 79.3 Å². The van der Waals surface area contributed by atoms with Gasteiger partial charge in [0, 0.05) is 55.4 Å². The van der Waals surface area contributed by atoms with Crippen LogP contribution >= 0.6 is 0 Å². The lowest BCUT2D eigenvalue weighted by molar-refractivity contribution is -0.309. The molecule has 0 unspecified atom stereocenters. The van der Waals surface area contributed by atoms with Crippen LogP contribution in [0.2, 0.25) is 0 Å². The summed E-state index contributed by atoms with van der Waals surface area (Å²) in [6, 6.07) is 0. The Balaban J connectivity index is 1.73. The third-order valence-electron chi connectivity index (χ3n) is 8.03. The topological polar surface area (TPSA) is 284 Å². The second-order valence-electron chi connectivity index (χ2n) is 13.3. The molecule has 0 aromatic carbocycles. The van der Waals surface area contributed by atoms with Crippen LogP contribution in [0.5, 0.6) is 0 Å². The number of hydrogen-bond acceptors (Lipinski definition) is 24. The second kappa shape index (κ2) is 28.9. The van der Waals surface area contributed by atoms with Crippen LogP contribution in [0.3, 0.4) is 0 Å². The van der Waals surface area contributed by atoms with E-state index in [4.69, 9.17) is 75.8 Å². The van der Waals surface area contributed by atoms with Gasteiger partial charge in [0.05, 0.1) is 66.1 Å². The molecule has 0 aliphatic carbocycles. The van der Waals surface area contributed by atoms with Crippen LogP contribution in [0.1, 0.15) is 55.4 Å². The molecule has 0 amide bonds. The maximum atomic E-state index is 12.0. The van der Waals surface area contributed by atoms with E-state index in [0.29, 0.717) is 0 Å². The van der Waals surface area contributed by atoms with Gasteiger partial charge in [0.2, 0.25) is 0 Å². The standard InChI is InChI=1S/C38H58O24/c1-21(39)53-19-29-31(55-23(3)41)33(57-25(5)43)35(59-27(7)45)37(61-29)51-17-15-49-13-11-47-9-10-48-12-14-50-16-18-52-38-36(60-28(8)46)34(58-26(6)44)32(56-24(4)42)30(62-38)20-54-22(2)40/h29-38H,9-20H2,1-8H3/t29-,30-,31+,32+,33+,34+,35-,36-,37-,38-/m1/s1. The summed E-state index contributed by atoms with van der Waals surface area (Å²) < 4.78 is 87.5. The van der Waals surface area contributed by atoms with Gasteiger partial charge in [-0.1, -0.05) is 0 Å². The summed E-state index contributed by atoms with van der Waals surface area (Å²) in [6.45, 7) is 9.40. The Bertz CT molecular complexity index is 1350. The van der Waals surface area contributed by atoms with Crippen LogP contribution in [0.25, 0.3) is 0 Å². The summed E-state index contributed by atoms with van der Waals surface area (Å²) in [5.74, 6) is -5.85. The minimum absolute atomic E-state index is 0.0432. The number of carbonyl (C=O) groups is 8. The summed E-state index contributed by atoms with van der Waals surface area (Å²) in [5, 5.41) is 0. The smallest absolute Gasteiger partial charge is 0.303 e. The highest BCUT2D eigenvalue weighted by atomic mass is 16.8. The predicted octanol–water partition coefficient (Wildman–Crippen LogP) is -0.748. The zero-order valence-electron chi connectivity index (χ0n) is 36.1. The molecule has 0 spiro atoms. The van der Waals surface area contributed by atoms with Gasteiger partial charge in [-0.3, -0.25) is 38.4 Å². The monoisotopic (exact) mass is 898 g/mol. The highest BCUT2D eigenvalue weighted by molar-refractivity contribution is 5.70. The van der Waals surface area contributed by atoms with E-state index in [0.717, 1.165) is 41.5 Å². The molecule has 354 valence electrons. The lowest BCUT2D eigenvalue weighted by Gasteiger charge is -2.44. The highest BCUT2D eigenvalue weighted by Gasteiger charge is 2.54. The van der Waals surface area contributed by atoms with Crippen molar-refractivity contribution in [2.24, 2.45) is 0 Å². The summed E-state index contributed by atoms with van der Waals surface area (Å²) >= 11 is 0. The van der Waals surface area contributed by atoms with Crippen LogP contribution in [-0.2, 0) is 114 Å². The molecule has 0 radical (unpaired) electrons. The average molecular weight is 899 g/mol. The molecular formula is C38H58O24. The van der Waals surface area contributed by atoms with E-state index in [1.54, 1.807) is 0 Å². The molecule has 2 aliphatic rings. The fraction of sp³-hybridized carbons (Fsp3) is 0.789. The van der Waals surface area contributed by atoms with E-state index < -0.39 is 109 Å². The molecule has 2 fully saturated rings. The number of esters is 8. The molecule has 0 saturated carbocycles. The SMILES string of the molecule is CC(=O)OC[C@H]1O[C@@H](OCCOCCOCCOCCOCCO[C@@H]2O[C@H](COC(C)=O)[C@H](OC(C)=O)[C@H](OC(C)=O)[C@H]2OC(C)=O)[C@H](OC(C)=O)[C@@H](OC(C)=O)[C@H]1OC(C)=O. The van der Waals surface area contributed by atoms with Gasteiger partial charge < -0.3 is 75.8 Å². The zero-order chi connectivity index (χ0) is 46.2. The van der Waals surface area contributed by atoms with Crippen molar-refractivity contribution in [3.63, 3.8) is 0 Å². The van der Waals surface area contributed by atoms with Crippen LogP contribution < -0.4 is 0 Å². The molecule has 2 aliphatic heterocycles. The van der Waals surface area contributed by atoms with Crippen molar-refractivity contribution < 1.29 is 114 Å². The van der Waals surface area contributed by atoms with Crippen molar-refractivity contribution in [1.29, 1.82) is 0 Å². The van der Waals surface area contributed by atoms with Gasteiger partial charge >= 0.3 is 47.8 Å². The summed E-state index contributed by atoms with van der Waals surface area (Å²) in [6.07, 6.45) is -13.0. The number of rotatable bonds is 27. The van der Waals surface area contributed by atoms with E-state index >= 15 is 0 Å². The fourth-order valence-corrected chi connectivity index (χ4v) is 5.85. The van der Waals surface area contributed by atoms with Gasteiger partial charge in [-0.2, -0.15) is 0 Å². The van der Waals surface area contributed by atoms with Crippen molar-refractivity contribution in [3.05, 3.63) is 0 Å². The van der Waals surface area contributed by atoms with Gasteiger partial charge in [-0.05, 0) is 0 Å². The number of ether oxygens (including phenoxy) is 16. The molecule has 0 bridgehead atoms. The quantitative estimate of drug-likeness (QED) is 0.0557. The molecule has 0 N–H and O–H groups in total. The predicted molar refractivity (Wildman–Crippen MR) is 199 cm³/mol. The molecule has 24 heteroatoms. The Morgan fingerprint density at radius 2 is 0.565 bits per heavy atom. The van der Waals surface area contributed by atoms with Gasteiger partial charge in [0.15, 0.2) is 49.2 Å². The molecule has 24 nitrogen and oxygen atoms in total. The average Bonchev–Trinajstić information content (AvgIpc) is 3.16. The van der Waals surface area contributed by atoms with Crippen LogP contribution in [0.4, 0.5) is 0 Å². The summed E-state index contributed by atoms with van der Waals surface area (Å²) in [5.41, 5.74) is 0. The first kappa shape index (κ1) is 53.6. The Kier molecular flexibility index (Phi) is 25.0. The van der Waals surface area contributed by atoms with E-state index in [-0.39, 0.29) is 79.3 Å².